The number of fused-ring (bicyclic) bond motifs is 1. The first-order valence-electron chi connectivity index (χ1n) is 7.41. The molecule has 0 radical (unpaired) electrons. The SMILES string of the molecule is O=C(Cc1ccccc1O)Nc1cccc2c1CCCC2. The van der Waals surface area contributed by atoms with Crippen molar-refractivity contribution in [3.05, 3.63) is 59.2 Å². The van der Waals surface area contributed by atoms with E-state index in [0.29, 0.717) is 5.56 Å². The maximum atomic E-state index is 12.2. The highest BCUT2D eigenvalue weighted by molar-refractivity contribution is 5.93. The Balaban J connectivity index is 1.75. The molecule has 0 aromatic heterocycles. The molecule has 0 spiro atoms. The highest BCUT2D eigenvalue weighted by Crippen LogP contribution is 2.28. The lowest BCUT2D eigenvalue weighted by Gasteiger charge is -2.19. The van der Waals surface area contributed by atoms with E-state index in [-0.39, 0.29) is 18.1 Å². The third-order valence-electron chi connectivity index (χ3n) is 4.01. The van der Waals surface area contributed by atoms with Crippen LogP contribution in [0.4, 0.5) is 5.69 Å². The maximum absolute atomic E-state index is 12.2. The number of phenols is 1. The minimum absolute atomic E-state index is 0.0875. The van der Waals surface area contributed by atoms with Crippen molar-refractivity contribution in [3.8, 4) is 5.75 Å². The number of rotatable bonds is 3. The van der Waals surface area contributed by atoms with E-state index in [1.54, 1.807) is 18.2 Å². The Bertz CT molecular complexity index is 664. The summed E-state index contributed by atoms with van der Waals surface area (Å²) in [5, 5.41) is 12.7. The van der Waals surface area contributed by atoms with Gasteiger partial charge in [0.2, 0.25) is 5.91 Å². The number of aryl methyl sites for hydroxylation is 1. The Morgan fingerprint density at radius 2 is 1.86 bits per heavy atom. The van der Waals surface area contributed by atoms with Gasteiger partial charge in [-0.2, -0.15) is 0 Å². The van der Waals surface area contributed by atoms with Gasteiger partial charge in [0.05, 0.1) is 6.42 Å². The average molecular weight is 281 g/mol. The summed E-state index contributed by atoms with van der Waals surface area (Å²) in [5.41, 5.74) is 4.20. The third-order valence-corrected chi connectivity index (χ3v) is 4.01. The molecule has 0 bridgehead atoms. The molecule has 2 aromatic rings. The molecule has 1 aliphatic carbocycles. The van der Waals surface area contributed by atoms with Gasteiger partial charge in [-0.25, -0.2) is 0 Å². The summed E-state index contributed by atoms with van der Waals surface area (Å²) in [6.45, 7) is 0. The molecule has 0 aliphatic heterocycles. The minimum Gasteiger partial charge on any atom is -0.508 e. The number of benzene rings is 2. The van der Waals surface area contributed by atoms with E-state index in [1.807, 2.05) is 18.2 Å². The summed E-state index contributed by atoms with van der Waals surface area (Å²) in [6, 6.07) is 13.1. The van der Waals surface area contributed by atoms with Crippen molar-refractivity contribution in [2.24, 2.45) is 0 Å². The monoisotopic (exact) mass is 281 g/mol. The predicted octanol–water partition coefficient (Wildman–Crippen LogP) is 3.45. The minimum atomic E-state index is -0.0875. The molecule has 0 saturated heterocycles. The van der Waals surface area contributed by atoms with Crippen LogP contribution in [0.15, 0.2) is 42.5 Å². The number of hydrogen-bond acceptors (Lipinski definition) is 2. The zero-order chi connectivity index (χ0) is 14.7. The number of para-hydroxylation sites is 1. The van der Waals surface area contributed by atoms with Gasteiger partial charge in [-0.1, -0.05) is 30.3 Å². The number of aromatic hydroxyl groups is 1. The molecule has 3 nitrogen and oxygen atoms in total. The van der Waals surface area contributed by atoms with Crippen LogP contribution >= 0.6 is 0 Å². The summed E-state index contributed by atoms with van der Waals surface area (Å²) in [4.78, 5) is 12.2. The number of phenolic OH excluding ortho intramolecular Hbond substituents is 1. The first-order valence-corrected chi connectivity index (χ1v) is 7.41. The fourth-order valence-corrected chi connectivity index (χ4v) is 2.93. The number of carbonyl (C=O) groups excluding carboxylic acids is 1. The Hall–Kier alpha value is -2.29. The zero-order valence-electron chi connectivity index (χ0n) is 11.9. The Kier molecular flexibility index (Phi) is 3.91. The van der Waals surface area contributed by atoms with Crippen LogP contribution in [-0.2, 0) is 24.1 Å². The van der Waals surface area contributed by atoms with Gasteiger partial charge in [-0.3, -0.25) is 4.79 Å². The van der Waals surface area contributed by atoms with Crippen LogP contribution in [0.5, 0.6) is 5.75 Å². The number of amides is 1. The Morgan fingerprint density at radius 1 is 1.05 bits per heavy atom. The summed E-state index contributed by atoms with van der Waals surface area (Å²) in [6.07, 6.45) is 4.72. The van der Waals surface area contributed by atoms with Crippen LogP contribution in [0, 0.1) is 0 Å². The van der Waals surface area contributed by atoms with E-state index in [4.69, 9.17) is 0 Å². The lowest BCUT2D eigenvalue weighted by atomic mass is 9.90. The molecule has 2 aromatic carbocycles. The number of hydrogen-bond donors (Lipinski definition) is 2. The highest BCUT2D eigenvalue weighted by atomic mass is 16.3. The quantitative estimate of drug-likeness (QED) is 0.905. The molecule has 2 N–H and O–H groups in total. The van der Waals surface area contributed by atoms with Crippen molar-refractivity contribution >= 4 is 11.6 Å². The lowest BCUT2D eigenvalue weighted by molar-refractivity contribution is -0.115. The molecule has 0 atom stereocenters. The van der Waals surface area contributed by atoms with Crippen LogP contribution < -0.4 is 5.32 Å². The van der Waals surface area contributed by atoms with E-state index in [0.717, 1.165) is 18.5 Å². The average Bonchev–Trinajstić information content (AvgIpc) is 2.50. The first-order chi connectivity index (χ1) is 10.2. The van der Waals surface area contributed by atoms with E-state index >= 15 is 0 Å². The van der Waals surface area contributed by atoms with Crippen molar-refractivity contribution in [1.29, 1.82) is 0 Å². The van der Waals surface area contributed by atoms with E-state index in [9.17, 15) is 9.90 Å². The predicted molar refractivity (Wildman–Crippen MR) is 83.5 cm³/mol. The third kappa shape index (κ3) is 3.07. The van der Waals surface area contributed by atoms with Gasteiger partial charge < -0.3 is 10.4 Å². The molecule has 108 valence electrons. The van der Waals surface area contributed by atoms with E-state index < -0.39 is 0 Å². The molecule has 3 heteroatoms. The van der Waals surface area contributed by atoms with Gasteiger partial charge in [0.15, 0.2) is 0 Å². The van der Waals surface area contributed by atoms with Crippen LogP contribution in [-0.4, -0.2) is 11.0 Å². The number of nitrogens with one attached hydrogen (secondary N) is 1. The fourth-order valence-electron chi connectivity index (χ4n) is 2.93. The van der Waals surface area contributed by atoms with Crippen molar-refractivity contribution in [1.82, 2.24) is 0 Å². The van der Waals surface area contributed by atoms with Crippen molar-refractivity contribution in [2.75, 3.05) is 5.32 Å². The molecular formula is C18H19NO2. The van der Waals surface area contributed by atoms with Gasteiger partial charge in [-0.05, 0) is 48.9 Å². The van der Waals surface area contributed by atoms with Gasteiger partial charge in [0, 0.05) is 11.3 Å². The van der Waals surface area contributed by atoms with Crippen molar-refractivity contribution < 1.29 is 9.90 Å². The molecule has 1 amide bonds. The van der Waals surface area contributed by atoms with Gasteiger partial charge >= 0.3 is 0 Å². The van der Waals surface area contributed by atoms with E-state index in [1.165, 1.54) is 24.0 Å². The van der Waals surface area contributed by atoms with Gasteiger partial charge in [0.25, 0.3) is 0 Å². The summed E-state index contributed by atoms with van der Waals surface area (Å²) >= 11 is 0. The molecule has 0 fully saturated rings. The smallest absolute Gasteiger partial charge is 0.228 e. The summed E-state index contributed by atoms with van der Waals surface area (Å²) in [7, 11) is 0. The van der Waals surface area contributed by atoms with Crippen LogP contribution in [0.2, 0.25) is 0 Å². The van der Waals surface area contributed by atoms with Crippen LogP contribution in [0.25, 0.3) is 0 Å². The number of anilines is 1. The second-order valence-corrected chi connectivity index (χ2v) is 5.50. The largest absolute Gasteiger partial charge is 0.508 e. The zero-order valence-corrected chi connectivity index (χ0v) is 11.9. The second kappa shape index (κ2) is 6.00. The van der Waals surface area contributed by atoms with Crippen LogP contribution in [0.1, 0.15) is 29.5 Å². The summed E-state index contributed by atoms with van der Waals surface area (Å²) < 4.78 is 0. The standard InChI is InChI=1S/C18H19NO2/c20-17-11-4-2-7-14(17)12-18(21)19-16-10-5-8-13-6-1-3-9-15(13)16/h2,4-5,7-8,10-11,20H,1,3,6,9,12H2,(H,19,21). The molecular weight excluding hydrogens is 262 g/mol. The second-order valence-electron chi connectivity index (χ2n) is 5.50. The molecule has 21 heavy (non-hydrogen) atoms. The molecule has 0 heterocycles. The van der Waals surface area contributed by atoms with Gasteiger partial charge in [-0.15, -0.1) is 0 Å². The van der Waals surface area contributed by atoms with Crippen molar-refractivity contribution in [2.45, 2.75) is 32.1 Å². The fraction of sp³-hybridized carbons (Fsp3) is 0.278. The number of carbonyl (C=O) groups is 1. The Labute approximate surface area is 124 Å². The van der Waals surface area contributed by atoms with Crippen LogP contribution in [0.3, 0.4) is 0 Å². The van der Waals surface area contributed by atoms with Crippen molar-refractivity contribution in [3.63, 3.8) is 0 Å². The first kappa shape index (κ1) is 13.7. The molecule has 1 aliphatic rings. The maximum Gasteiger partial charge on any atom is 0.228 e. The molecule has 0 saturated carbocycles. The molecule has 0 unspecified atom stereocenters. The summed E-state index contributed by atoms with van der Waals surface area (Å²) in [5.74, 6) is 0.0817. The Morgan fingerprint density at radius 3 is 2.71 bits per heavy atom. The normalized spacial score (nSPS) is 13.5. The lowest BCUT2D eigenvalue weighted by Crippen LogP contribution is -2.17. The topological polar surface area (TPSA) is 49.3 Å². The highest BCUT2D eigenvalue weighted by Gasteiger charge is 2.15. The molecule has 3 rings (SSSR count). The van der Waals surface area contributed by atoms with Gasteiger partial charge in [0.1, 0.15) is 5.75 Å². The van der Waals surface area contributed by atoms with E-state index in [2.05, 4.69) is 11.4 Å².